The average Bonchev–Trinajstić information content (AvgIpc) is 2.74. The van der Waals surface area contributed by atoms with Crippen molar-refractivity contribution in [3.63, 3.8) is 0 Å². The molecule has 1 aromatic carbocycles. The SMILES string of the molecule is O=C1NC2CCN(C(=O)OCc3ccccc3)C12. The first-order valence-corrected chi connectivity index (χ1v) is 6.03. The lowest BCUT2D eigenvalue weighted by atomic mass is 10.0. The lowest BCUT2D eigenvalue weighted by Gasteiger charge is -2.34. The van der Waals surface area contributed by atoms with E-state index in [4.69, 9.17) is 4.74 Å². The first-order chi connectivity index (χ1) is 8.75. The first-order valence-electron chi connectivity index (χ1n) is 6.03. The van der Waals surface area contributed by atoms with E-state index >= 15 is 0 Å². The third-order valence-electron chi connectivity index (χ3n) is 3.43. The molecular weight excluding hydrogens is 232 g/mol. The minimum atomic E-state index is -0.402. The molecule has 1 aromatic rings. The number of fused-ring (bicyclic) bond motifs is 1. The van der Waals surface area contributed by atoms with Gasteiger partial charge >= 0.3 is 6.09 Å². The van der Waals surface area contributed by atoms with Crippen LogP contribution in [0.3, 0.4) is 0 Å². The Bertz CT molecular complexity index is 474. The Morgan fingerprint density at radius 1 is 1.39 bits per heavy atom. The summed E-state index contributed by atoms with van der Waals surface area (Å²) in [6.07, 6.45) is 0.415. The van der Waals surface area contributed by atoms with Crippen molar-refractivity contribution in [1.29, 1.82) is 0 Å². The van der Waals surface area contributed by atoms with Crippen LogP contribution in [0.2, 0.25) is 0 Å². The molecule has 18 heavy (non-hydrogen) atoms. The van der Waals surface area contributed by atoms with E-state index in [1.165, 1.54) is 4.90 Å². The van der Waals surface area contributed by atoms with Crippen molar-refractivity contribution in [1.82, 2.24) is 10.2 Å². The van der Waals surface area contributed by atoms with Gasteiger partial charge in [0.25, 0.3) is 0 Å². The number of benzene rings is 1. The van der Waals surface area contributed by atoms with E-state index < -0.39 is 6.09 Å². The minimum Gasteiger partial charge on any atom is -0.445 e. The van der Waals surface area contributed by atoms with E-state index in [0.29, 0.717) is 6.54 Å². The Kier molecular flexibility index (Phi) is 2.66. The van der Waals surface area contributed by atoms with Gasteiger partial charge in [0.05, 0.1) is 6.04 Å². The summed E-state index contributed by atoms with van der Waals surface area (Å²) >= 11 is 0. The molecule has 2 fully saturated rings. The zero-order valence-corrected chi connectivity index (χ0v) is 9.83. The van der Waals surface area contributed by atoms with Gasteiger partial charge in [0.1, 0.15) is 12.6 Å². The van der Waals surface area contributed by atoms with E-state index in [1.54, 1.807) is 0 Å². The lowest BCUT2D eigenvalue weighted by molar-refractivity contribution is -0.133. The predicted molar refractivity (Wildman–Crippen MR) is 63.7 cm³/mol. The molecule has 2 heterocycles. The summed E-state index contributed by atoms with van der Waals surface area (Å²) in [4.78, 5) is 24.7. The zero-order chi connectivity index (χ0) is 12.5. The van der Waals surface area contributed by atoms with Crippen molar-refractivity contribution in [2.75, 3.05) is 6.54 Å². The zero-order valence-electron chi connectivity index (χ0n) is 9.83. The van der Waals surface area contributed by atoms with Crippen LogP contribution in [0, 0.1) is 0 Å². The predicted octanol–water partition coefficient (Wildman–Crippen LogP) is 0.896. The van der Waals surface area contributed by atoms with Crippen LogP contribution in [0.15, 0.2) is 30.3 Å². The number of ether oxygens (including phenoxy) is 1. The van der Waals surface area contributed by atoms with Crippen LogP contribution in [-0.2, 0) is 16.1 Å². The topological polar surface area (TPSA) is 58.6 Å². The van der Waals surface area contributed by atoms with Gasteiger partial charge in [-0.15, -0.1) is 0 Å². The van der Waals surface area contributed by atoms with Gasteiger partial charge in [-0.3, -0.25) is 9.69 Å². The Morgan fingerprint density at radius 3 is 2.89 bits per heavy atom. The van der Waals surface area contributed by atoms with Crippen LogP contribution in [0.1, 0.15) is 12.0 Å². The van der Waals surface area contributed by atoms with Crippen LogP contribution >= 0.6 is 0 Å². The van der Waals surface area contributed by atoms with Gasteiger partial charge in [0.2, 0.25) is 5.91 Å². The molecule has 0 saturated carbocycles. The second kappa shape index (κ2) is 4.33. The van der Waals surface area contributed by atoms with Gasteiger partial charge in [-0.2, -0.15) is 0 Å². The second-order valence-electron chi connectivity index (χ2n) is 4.58. The molecule has 2 aliphatic rings. The van der Waals surface area contributed by atoms with Crippen molar-refractivity contribution >= 4 is 12.0 Å². The third-order valence-corrected chi connectivity index (χ3v) is 3.43. The van der Waals surface area contributed by atoms with Gasteiger partial charge in [-0.1, -0.05) is 30.3 Å². The van der Waals surface area contributed by atoms with E-state index in [-0.39, 0.29) is 24.6 Å². The molecule has 1 N–H and O–H groups in total. The van der Waals surface area contributed by atoms with Crippen molar-refractivity contribution in [3.8, 4) is 0 Å². The molecule has 0 aromatic heterocycles. The molecule has 5 heteroatoms. The number of carbonyl (C=O) groups excluding carboxylic acids is 2. The monoisotopic (exact) mass is 246 g/mol. The maximum absolute atomic E-state index is 11.9. The van der Waals surface area contributed by atoms with Crippen LogP contribution in [0.5, 0.6) is 0 Å². The fourth-order valence-electron chi connectivity index (χ4n) is 2.45. The summed E-state index contributed by atoms with van der Waals surface area (Å²) in [5, 5.41) is 2.77. The fourth-order valence-corrected chi connectivity index (χ4v) is 2.45. The van der Waals surface area contributed by atoms with Crippen molar-refractivity contribution < 1.29 is 14.3 Å². The van der Waals surface area contributed by atoms with E-state index in [0.717, 1.165) is 12.0 Å². The summed E-state index contributed by atoms with van der Waals surface area (Å²) in [5.74, 6) is -0.0749. The fraction of sp³-hybridized carbons (Fsp3) is 0.385. The highest BCUT2D eigenvalue weighted by atomic mass is 16.6. The number of hydrogen-bond donors (Lipinski definition) is 1. The van der Waals surface area contributed by atoms with Crippen molar-refractivity contribution in [3.05, 3.63) is 35.9 Å². The number of amides is 2. The largest absolute Gasteiger partial charge is 0.445 e. The molecule has 0 spiro atoms. The maximum atomic E-state index is 11.9. The van der Waals surface area contributed by atoms with Gasteiger partial charge in [-0.05, 0) is 12.0 Å². The molecule has 2 aliphatic heterocycles. The number of nitrogens with one attached hydrogen (secondary N) is 1. The highest BCUT2D eigenvalue weighted by Gasteiger charge is 2.50. The Balaban J connectivity index is 1.57. The molecule has 2 atom stereocenters. The van der Waals surface area contributed by atoms with Crippen LogP contribution in [0.4, 0.5) is 4.79 Å². The maximum Gasteiger partial charge on any atom is 0.410 e. The van der Waals surface area contributed by atoms with Crippen LogP contribution in [0.25, 0.3) is 0 Å². The van der Waals surface area contributed by atoms with Gasteiger partial charge in [0.15, 0.2) is 0 Å². The molecule has 3 rings (SSSR count). The lowest BCUT2D eigenvalue weighted by Crippen LogP contribution is -2.65. The summed E-state index contributed by atoms with van der Waals surface area (Å²) in [7, 11) is 0. The molecular formula is C13H14N2O3. The van der Waals surface area contributed by atoms with E-state index in [1.807, 2.05) is 30.3 Å². The standard InChI is InChI=1S/C13H14N2O3/c16-12-11-10(14-12)6-7-15(11)13(17)18-8-9-4-2-1-3-5-9/h1-5,10-11H,6-8H2,(H,14,16). The molecule has 94 valence electrons. The van der Waals surface area contributed by atoms with Gasteiger partial charge in [-0.25, -0.2) is 4.79 Å². The second-order valence-corrected chi connectivity index (χ2v) is 4.58. The first kappa shape index (κ1) is 11.1. The molecule has 0 bridgehead atoms. The molecule has 0 aliphatic carbocycles. The molecule has 0 radical (unpaired) electrons. The van der Waals surface area contributed by atoms with Crippen LogP contribution in [-0.4, -0.2) is 35.5 Å². The van der Waals surface area contributed by atoms with E-state index in [2.05, 4.69) is 5.32 Å². The number of hydrogen-bond acceptors (Lipinski definition) is 3. The number of likely N-dealkylation sites (tertiary alicyclic amines) is 1. The average molecular weight is 246 g/mol. The summed E-state index contributed by atoms with van der Waals surface area (Å²) in [5.41, 5.74) is 0.944. The summed E-state index contributed by atoms with van der Waals surface area (Å²) in [6.45, 7) is 0.830. The Morgan fingerprint density at radius 2 is 2.17 bits per heavy atom. The van der Waals surface area contributed by atoms with Crippen LogP contribution < -0.4 is 5.32 Å². The quantitative estimate of drug-likeness (QED) is 0.789. The number of β-lactam (4-membered cyclic amide) rings is 1. The normalized spacial score (nSPS) is 25.1. The smallest absolute Gasteiger partial charge is 0.410 e. The molecule has 2 saturated heterocycles. The highest BCUT2D eigenvalue weighted by Crippen LogP contribution is 2.25. The van der Waals surface area contributed by atoms with Crippen molar-refractivity contribution in [2.24, 2.45) is 0 Å². The molecule has 5 nitrogen and oxygen atoms in total. The molecule has 2 amide bonds. The number of carbonyl (C=O) groups is 2. The number of nitrogens with zero attached hydrogens (tertiary/aromatic N) is 1. The van der Waals surface area contributed by atoms with E-state index in [9.17, 15) is 9.59 Å². The number of rotatable bonds is 2. The van der Waals surface area contributed by atoms with Gasteiger partial charge < -0.3 is 10.1 Å². The van der Waals surface area contributed by atoms with Crippen molar-refractivity contribution in [2.45, 2.75) is 25.1 Å². The summed E-state index contributed by atoms with van der Waals surface area (Å²) < 4.78 is 5.22. The van der Waals surface area contributed by atoms with Gasteiger partial charge in [0, 0.05) is 6.54 Å². The summed E-state index contributed by atoms with van der Waals surface area (Å²) in [6, 6.07) is 9.32. The Labute approximate surface area is 105 Å². The Hall–Kier alpha value is -2.04. The molecule has 2 unspecified atom stereocenters. The third kappa shape index (κ3) is 1.81. The highest BCUT2D eigenvalue weighted by molar-refractivity contribution is 5.93. The minimum absolute atomic E-state index is 0.0749.